The minimum Gasteiger partial charge on any atom is -0.474 e. The summed E-state index contributed by atoms with van der Waals surface area (Å²) in [4.78, 5) is 23.0. The van der Waals surface area contributed by atoms with E-state index in [1.54, 1.807) is 24.6 Å². The van der Waals surface area contributed by atoms with E-state index >= 15 is 0 Å². The van der Waals surface area contributed by atoms with E-state index in [4.69, 9.17) is 4.74 Å². The van der Waals surface area contributed by atoms with E-state index in [1.165, 1.54) is 10.4 Å². The van der Waals surface area contributed by atoms with Crippen LogP contribution in [0.1, 0.15) is 61.8 Å². The van der Waals surface area contributed by atoms with Crippen molar-refractivity contribution in [2.45, 2.75) is 69.9 Å². The molecular weight excluding hydrogens is 334 g/mol. The summed E-state index contributed by atoms with van der Waals surface area (Å²) in [6.45, 7) is 1.68. The first-order chi connectivity index (χ1) is 12.2. The van der Waals surface area contributed by atoms with Crippen molar-refractivity contribution in [3.8, 4) is 5.88 Å². The molecule has 2 aromatic rings. The quantitative estimate of drug-likeness (QED) is 0.883. The maximum atomic E-state index is 11.7. The van der Waals surface area contributed by atoms with Gasteiger partial charge in [-0.25, -0.2) is 9.97 Å². The van der Waals surface area contributed by atoms with Crippen LogP contribution in [0.3, 0.4) is 0 Å². The minimum absolute atomic E-state index is 0.228. The summed E-state index contributed by atoms with van der Waals surface area (Å²) in [5.41, 5.74) is 1.29. The number of Topliss-reactive ketones (excluding diaryl/α,β-unsaturated/α-hetero) is 1. The number of nitrogens with one attached hydrogen (secondary N) is 1. The highest BCUT2D eigenvalue weighted by molar-refractivity contribution is 7.19. The second kappa shape index (κ2) is 7.00. The van der Waals surface area contributed by atoms with E-state index < -0.39 is 0 Å². The number of rotatable bonds is 5. The summed E-state index contributed by atoms with van der Waals surface area (Å²) in [5, 5.41) is 4.43. The van der Waals surface area contributed by atoms with Crippen LogP contribution < -0.4 is 10.1 Å². The van der Waals surface area contributed by atoms with E-state index in [1.807, 2.05) is 7.05 Å². The van der Waals surface area contributed by atoms with Crippen LogP contribution in [0.2, 0.25) is 0 Å². The zero-order valence-corrected chi connectivity index (χ0v) is 15.7. The number of hydrogen-bond donors (Lipinski definition) is 1. The van der Waals surface area contributed by atoms with Crippen LogP contribution in [0.5, 0.6) is 5.88 Å². The Labute approximate surface area is 152 Å². The predicted octanol–water partition coefficient (Wildman–Crippen LogP) is 3.61. The van der Waals surface area contributed by atoms with Crippen LogP contribution in [-0.4, -0.2) is 34.9 Å². The van der Waals surface area contributed by atoms with Crippen molar-refractivity contribution in [3.63, 3.8) is 0 Å². The van der Waals surface area contributed by atoms with Gasteiger partial charge in [-0.1, -0.05) is 0 Å². The van der Waals surface area contributed by atoms with Crippen molar-refractivity contribution < 1.29 is 9.53 Å². The van der Waals surface area contributed by atoms with E-state index in [-0.39, 0.29) is 11.9 Å². The number of ketones is 1. The highest BCUT2D eigenvalue weighted by Crippen LogP contribution is 2.47. The Hall–Kier alpha value is -1.53. The van der Waals surface area contributed by atoms with Crippen LogP contribution in [0.4, 0.5) is 0 Å². The lowest BCUT2D eigenvalue weighted by Crippen LogP contribution is -2.34. The fourth-order valence-corrected chi connectivity index (χ4v) is 5.54. The minimum atomic E-state index is 0.228. The molecule has 2 aromatic heterocycles. The lowest BCUT2D eigenvalue weighted by Gasteiger charge is -2.28. The average Bonchev–Trinajstić information content (AvgIpc) is 3.15. The third-order valence-corrected chi connectivity index (χ3v) is 6.76. The molecule has 0 bridgehead atoms. The molecule has 134 valence electrons. The highest BCUT2D eigenvalue weighted by Gasteiger charge is 2.31. The van der Waals surface area contributed by atoms with Gasteiger partial charge in [0.25, 0.3) is 0 Å². The molecule has 25 heavy (non-hydrogen) atoms. The number of hydrogen-bond acceptors (Lipinski definition) is 6. The van der Waals surface area contributed by atoms with Crippen molar-refractivity contribution in [1.82, 2.24) is 15.3 Å². The van der Waals surface area contributed by atoms with Gasteiger partial charge in [0.15, 0.2) is 0 Å². The molecule has 1 N–H and O–H groups in total. The molecule has 4 rings (SSSR count). The number of ether oxygens (including phenoxy) is 1. The average molecular weight is 359 g/mol. The van der Waals surface area contributed by atoms with E-state index in [0.29, 0.717) is 18.4 Å². The van der Waals surface area contributed by atoms with Crippen LogP contribution >= 0.6 is 11.3 Å². The topological polar surface area (TPSA) is 64.1 Å². The molecule has 0 radical (unpaired) electrons. The van der Waals surface area contributed by atoms with Crippen LogP contribution in [0.15, 0.2) is 6.33 Å². The Kier molecular flexibility index (Phi) is 4.73. The molecule has 0 saturated heterocycles. The van der Waals surface area contributed by atoms with Crippen molar-refractivity contribution in [2.24, 2.45) is 0 Å². The standard InChI is InChI=1S/C19H25N3O2S/c1-11(23)9-12-3-8-15-16(12)17-18(21-10-22-19(17)25-15)24-14-6-4-13(20-2)5-7-14/h10,12-14,20H,3-9H2,1-2H3/t12-,13?,14?/m1/s1. The first kappa shape index (κ1) is 16.9. The van der Waals surface area contributed by atoms with Gasteiger partial charge in [0.2, 0.25) is 5.88 Å². The number of aryl methyl sites for hydroxylation is 1. The summed E-state index contributed by atoms with van der Waals surface area (Å²) < 4.78 is 6.34. The van der Waals surface area contributed by atoms with Gasteiger partial charge in [0, 0.05) is 17.3 Å². The van der Waals surface area contributed by atoms with Gasteiger partial charge in [-0.2, -0.15) is 0 Å². The fraction of sp³-hybridized carbons (Fsp3) is 0.632. The summed E-state index contributed by atoms with van der Waals surface area (Å²) in [6, 6.07) is 0.607. The molecule has 1 saturated carbocycles. The van der Waals surface area contributed by atoms with E-state index in [2.05, 4.69) is 15.3 Å². The molecule has 1 fully saturated rings. The molecule has 2 aliphatic rings. The molecule has 6 heteroatoms. The number of carbonyl (C=O) groups is 1. The zero-order chi connectivity index (χ0) is 17.4. The number of aromatic nitrogens is 2. The van der Waals surface area contributed by atoms with Crippen molar-refractivity contribution in [3.05, 3.63) is 16.8 Å². The number of carbonyl (C=O) groups excluding carboxylic acids is 1. The summed E-state index contributed by atoms with van der Waals surface area (Å²) in [6.07, 6.45) is 8.95. The smallest absolute Gasteiger partial charge is 0.225 e. The van der Waals surface area contributed by atoms with Gasteiger partial charge in [-0.3, -0.25) is 0 Å². The first-order valence-corrected chi connectivity index (χ1v) is 10.1. The monoisotopic (exact) mass is 359 g/mol. The van der Waals surface area contributed by atoms with Gasteiger partial charge in [0.1, 0.15) is 23.0 Å². The highest BCUT2D eigenvalue weighted by atomic mass is 32.1. The van der Waals surface area contributed by atoms with Crippen molar-refractivity contribution >= 4 is 27.3 Å². The normalized spacial score (nSPS) is 25.9. The van der Waals surface area contributed by atoms with Crippen molar-refractivity contribution in [2.75, 3.05) is 7.05 Å². The maximum Gasteiger partial charge on any atom is 0.225 e. The van der Waals surface area contributed by atoms with Gasteiger partial charge < -0.3 is 14.8 Å². The number of fused-ring (bicyclic) bond motifs is 3. The van der Waals surface area contributed by atoms with Gasteiger partial charge in [0.05, 0.1) is 5.39 Å². The Bertz CT molecular complexity index is 780. The maximum absolute atomic E-state index is 11.7. The lowest BCUT2D eigenvalue weighted by molar-refractivity contribution is -0.117. The summed E-state index contributed by atoms with van der Waals surface area (Å²) in [5.74, 6) is 1.28. The summed E-state index contributed by atoms with van der Waals surface area (Å²) >= 11 is 1.75. The Balaban J connectivity index is 1.63. The molecular formula is C19H25N3O2S. The number of nitrogens with zero attached hydrogens (tertiary/aromatic N) is 2. The fourth-order valence-electron chi connectivity index (χ4n) is 4.31. The molecule has 0 aromatic carbocycles. The lowest BCUT2D eigenvalue weighted by atomic mass is 9.93. The molecule has 2 aliphatic carbocycles. The van der Waals surface area contributed by atoms with Gasteiger partial charge in [-0.05, 0) is 64.0 Å². The third-order valence-electron chi connectivity index (χ3n) is 5.59. The molecule has 2 heterocycles. The third kappa shape index (κ3) is 3.29. The van der Waals surface area contributed by atoms with Crippen molar-refractivity contribution in [1.29, 1.82) is 0 Å². The molecule has 0 unspecified atom stereocenters. The molecule has 0 spiro atoms. The van der Waals surface area contributed by atoms with Crippen LogP contribution in [0.25, 0.3) is 10.2 Å². The Morgan fingerprint density at radius 2 is 2.08 bits per heavy atom. The predicted molar refractivity (Wildman–Crippen MR) is 99.5 cm³/mol. The molecule has 0 aliphatic heterocycles. The molecule has 1 atom stereocenters. The van der Waals surface area contributed by atoms with Gasteiger partial charge >= 0.3 is 0 Å². The van der Waals surface area contributed by atoms with Crippen LogP contribution in [-0.2, 0) is 11.2 Å². The second-order valence-electron chi connectivity index (χ2n) is 7.32. The molecule has 0 amide bonds. The van der Waals surface area contributed by atoms with Gasteiger partial charge in [-0.15, -0.1) is 11.3 Å². The van der Waals surface area contributed by atoms with Crippen LogP contribution in [0, 0.1) is 0 Å². The molecule has 5 nitrogen and oxygen atoms in total. The Morgan fingerprint density at radius 3 is 2.80 bits per heavy atom. The zero-order valence-electron chi connectivity index (χ0n) is 14.9. The first-order valence-electron chi connectivity index (χ1n) is 9.25. The SMILES string of the molecule is CNC1CCC(Oc2ncnc3sc4c(c23)[C@@H](CC(C)=O)CC4)CC1. The summed E-state index contributed by atoms with van der Waals surface area (Å²) in [7, 11) is 2.03. The Morgan fingerprint density at radius 1 is 1.28 bits per heavy atom. The second-order valence-corrected chi connectivity index (χ2v) is 8.40. The van der Waals surface area contributed by atoms with E-state index in [9.17, 15) is 4.79 Å². The largest absolute Gasteiger partial charge is 0.474 e. The van der Waals surface area contributed by atoms with E-state index in [0.717, 1.165) is 54.6 Å². The number of thiophene rings is 1.